The van der Waals surface area contributed by atoms with Gasteiger partial charge in [-0.1, -0.05) is 22.0 Å². The van der Waals surface area contributed by atoms with E-state index in [4.69, 9.17) is 9.47 Å². The molecule has 0 radical (unpaired) electrons. The molecule has 3 rings (SSSR count). The van der Waals surface area contributed by atoms with E-state index in [9.17, 15) is 8.42 Å². The molecule has 0 saturated carbocycles. The number of hydrogen-bond donors (Lipinski definition) is 1. The summed E-state index contributed by atoms with van der Waals surface area (Å²) in [4.78, 5) is 0.185. The standard InChI is InChI=1S/C13H10BrNO4S/c14-9-2-1-3-11(6-9)20(16,17)15-10-4-5-12-13(7-10)19-8-18-12/h1-7,15H,8H2. The van der Waals surface area contributed by atoms with Gasteiger partial charge in [-0.25, -0.2) is 8.42 Å². The average molecular weight is 356 g/mol. The molecule has 0 atom stereocenters. The zero-order valence-corrected chi connectivity index (χ0v) is 12.6. The van der Waals surface area contributed by atoms with Crippen molar-refractivity contribution in [2.75, 3.05) is 11.5 Å². The summed E-state index contributed by atoms with van der Waals surface area (Å²) in [5.74, 6) is 1.13. The van der Waals surface area contributed by atoms with Crippen LogP contribution >= 0.6 is 15.9 Å². The second-order valence-electron chi connectivity index (χ2n) is 4.13. The molecule has 0 aliphatic carbocycles. The van der Waals surface area contributed by atoms with E-state index in [1.165, 1.54) is 12.1 Å². The molecule has 0 amide bonds. The summed E-state index contributed by atoms with van der Waals surface area (Å²) >= 11 is 3.25. The first-order valence-electron chi connectivity index (χ1n) is 5.73. The van der Waals surface area contributed by atoms with Crippen LogP contribution in [0.25, 0.3) is 0 Å². The maximum absolute atomic E-state index is 12.2. The third-order valence-electron chi connectivity index (χ3n) is 2.73. The summed E-state index contributed by atoms with van der Waals surface area (Å²) in [5.41, 5.74) is 0.425. The minimum Gasteiger partial charge on any atom is -0.454 e. The second kappa shape index (κ2) is 4.99. The van der Waals surface area contributed by atoms with Gasteiger partial charge in [-0.15, -0.1) is 0 Å². The van der Waals surface area contributed by atoms with Crippen molar-refractivity contribution in [3.63, 3.8) is 0 Å². The van der Waals surface area contributed by atoms with Crippen LogP contribution < -0.4 is 14.2 Å². The van der Waals surface area contributed by atoms with Crippen LogP contribution in [0.3, 0.4) is 0 Å². The lowest BCUT2D eigenvalue weighted by Crippen LogP contribution is -2.12. The number of ether oxygens (including phenoxy) is 2. The van der Waals surface area contributed by atoms with E-state index in [1.807, 2.05) is 0 Å². The minimum atomic E-state index is -3.63. The Kier molecular flexibility index (Phi) is 3.31. The molecule has 1 aliphatic rings. The first-order chi connectivity index (χ1) is 9.54. The molecule has 0 unspecified atom stereocenters. The van der Waals surface area contributed by atoms with Crippen LogP contribution in [0.5, 0.6) is 11.5 Å². The predicted molar refractivity (Wildman–Crippen MR) is 77.5 cm³/mol. The molecule has 0 fully saturated rings. The number of sulfonamides is 1. The van der Waals surface area contributed by atoms with Gasteiger partial charge in [0.05, 0.1) is 10.6 Å². The van der Waals surface area contributed by atoms with Gasteiger partial charge in [-0.3, -0.25) is 4.72 Å². The van der Waals surface area contributed by atoms with Crippen molar-refractivity contribution in [3.05, 3.63) is 46.9 Å². The van der Waals surface area contributed by atoms with Gasteiger partial charge in [0.2, 0.25) is 6.79 Å². The Labute approximate surface area is 124 Å². The lowest BCUT2D eigenvalue weighted by molar-refractivity contribution is 0.174. The smallest absolute Gasteiger partial charge is 0.261 e. The van der Waals surface area contributed by atoms with E-state index in [-0.39, 0.29) is 11.7 Å². The van der Waals surface area contributed by atoms with Crippen LogP contribution in [-0.4, -0.2) is 15.2 Å². The van der Waals surface area contributed by atoms with Crippen molar-refractivity contribution in [2.45, 2.75) is 4.90 Å². The quantitative estimate of drug-likeness (QED) is 0.918. The molecule has 0 aromatic heterocycles. The Morgan fingerprint density at radius 1 is 1.05 bits per heavy atom. The van der Waals surface area contributed by atoms with Gasteiger partial charge >= 0.3 is 0 Å². The molecule has 7 heteroatoms. The van der Waals surface area contributed by atoms with Crippen LogP contribution in [-0.2, 0) is 10.0 Å². The number of fused-ring (bicyclic) bond motifs is 1. The van der Waals surface area contributed by atoms with E-state index in [2.05, 4.69) is 20.7 Å². The monoisotopic (exact) mass is 355 g/mol. The van der Waals surface area contributed by atoms with Crippen LogP contribution in [0, 0.1) is 0 Å². The number of halogens is 1. The zero-order valence-electron chi connectivity index (χ0n) is 10.2. The molecule has 2 aromatic carbocycles. The average Bonchev–Trinajstić information content (AvgIpc) is 2.85. The van der Waals surface area contributed by atoms with E-state index >= 15 is 0 Å². The summed E-state index contributed by atoms with van der Waals surface area (Å²) in [7, 11) is -3.63. The molecule has 1 N–H and O–H groups in total. The SMILES string of the molecule is O=S(=O)(Nc1ccc2c(c1)OCO2)c1cccc(Br)c1. The number of hydrogen-bond acceptors (Lipinski definition) is 4. The van der Waals surface area contributed by atoms with Gasteiger partial charge in [0, 0.05) is 10.5 Å². The maximum Gasteiger partial charge on any atom is 0.261 e. The lowest BCUT2D eigenvalue weighted by atomic mass is 10.3. The Hall–Kier alpha value is -1.73. The van der Waals surface area contributed by atoms with Crippen molar-refractivity contribution in [1.82, 2.24) is 0 Å². The van der Waals surface area contributed by atoms with Crippen molar-refractivity contribution < 1.29 is 17.9 Å². The highest BCUT2D eigenvalue weighted by atomic mass is 79.9. The maximum atomic E-state index is 12.2. The first-order valence-corrected chi connectivity index (χ1v) is 8.00. The van der Waals surface area contributed by atoms with Crippen LogP contribution in [0.1, 0.15) is 0 Å². The van der Waals surface area contributed by atoms with E-state index in [0.717, 1.165) is 0 Å². The van der Waals surface area contributed by atoms with Crippen LogP contribution in [0.4, 0.5) is 5.69 Å². The van der Waals surface area contributed by atoms with Crippen molar-refractivity contribution in [3.8, 4) is 11.5 Å². The highest BCUT2D eigenvalue weighted by Crippen LogP contribution is 2.34. The third kappa shape index (κ3) is 2.59. The normalized spacial score (nSPS) is 13.2. The lowest BCUT2D eigenvalue weighted by Gasteiger charge is -2.09. The van der Waals surface area contributed by atoms with Crippen molar-refractivity contribution in [1.29, 1.82) is 0 Å². The molecule has 5 nitrogen and oxygen atoms in total. The number of anilines is 1. The number of nitrogens with one attached hydrogen (secondary N) is 1. The predicted octanol–water partition coefficient (Wildman–Crippen LogP) is 2.98. The first kappa shape index (κ1) is 13.3. The summed E-state index contributed by atoms with van der Waals surface area (Å²) in [6.07, 6.45) is 0. The molecule has 0 saturated heterocycles. The summed E-state index contributed by atoms with van der Waals surface area (Å²) in [6, 6.07) is 11.4. The molecule has 0 bridgehead atoms. The second-order valence-corrected chi connectivity index (χ2v) is 6.73. The summed E-state index contributed by atoms with van der Waals surface area (Å²) in [6.45, 7) is 0.150. The molecule has 0 spiro atoms. The Balaban J connectivity index is 1.90. The highest BCUT2D eigenvalue weighted by molar-refractivity contribution is 9.10. The van der Waals surface area contributed by atoms with Gasteiger partial charge in [0.25, 0.3) is 10.0 Å². The van der Waals surface area contributed by atoms with Gasteiger partial charge in [-0.05, 0) is 30.3 Å². The van der Waals surface area contributed by atoms with Crippen molar-refractivity contribution >= 4 is 31.6 Å². The number of benzene rings is 2. The zero-order chi connectivity index (χ0) is 14.2. The molecule has 20 heavy (non-hydrogen) atoms. The Bertz CT molecular complexity index is 761. The fourth-order valence-electron chi connectivity index (χ4n) is 1.81. The Morgan fingerprint density at radius 3 is 2.65 bits per heavy atom. The van der Waals surface area contributed by atoms with Crippen molar-refractivity contribution in [2.24, 2.45) is 0 Å². The van der Waals surface area contributed by atoms with Gasteiger partial charge in [0.15, 0.2) is 11.5 Å². The van der Waals surface area contributed by atoms with Crippen LogP contribution in [0.2, 0.25) is 0 Å². The molecule has 2 aromatic rings. The summed E-state index contributed by atoms with van der Waals surface area (Å²) < 4.78 is 38.1. The fourth-order valence-corrected chi connectivity index (χ4v) is 3.45. The fraction of sp³-hybridized carbons (Fsp3) is 0.0769. The Morgan fingerprint density at radius 2 is 1.85 bits per heavy atom. The van der Waals surface area contributed by atoms with E-state index in [1.54, 1.807) is 30.3 Å². The highest BCUT2D eigenvalue weighted by Gasteiger charge is 2.18. The molecule has 1 aliphatic heterocycles. The van der Waals surface area contributed by atoms with E-state index < -0.39 is 10.0 Å². The number of rotatable bonds is 3. The van der Waals surface area contributed by atoms with Gasteiger partial charge < -0.3 is 9.47 Å². The topological polar surface area (TPSA) is 64.6 Å². The molecule has 1 heterocycles. The molecule has 104 valence electrons. The largest absolute Gasteiger partial charge is 0.454 e. The van der Waals surface area contributed by atoms with E-state index in [0.29, 0.717) is 21.7 Å². The summed E-state index contributed by atoms with van der Waals surface area (Å²) in [5, 5.41) is 0. The van der Waals surface area contributed by atoms with Gasteiger partial charge in [-0.2, -0.15) is 0 Å². The third-order valence-corrected chi connectivity index (χ3v) is 4.60. The van der Waals surface area contributed by atoms with Crippen LogP contribution in [0.15, 0.2) is 51.8 Å². The molecular formula is C13H10BrNO4S. The molecular weight excluding hydrogens is 346 g/mol. The minimum absolute atomic E-state index is 0.150. The van der Waals surface area contributed by atoms with Gasteiger partial charge in [0.1, 0.15) is 0 Å².